The zero-order valence-corrected chi connectivity index (χ0v) is 13.3. The lowest BCUT2D eigenvalue weighted by Crippen LogP contribution is -2.33. The van der Waals surface area contributed by atoms with Crippen LogP contribution in [0.25, 0.3) is 0 Å². The second-order valence-electron chi connectivity index (χ2n) is 5.60. The van der Waals surface area contributed by atoms with Crippen molar-refractivity contribution in [2.75, 3.05) is 13.2 Å². The maximum Gasteiger partial charge on any atom is 0.223 e. The van der Waals surface area contributed by atoms with Crippen molar-refractivity contribution >= 4 is 17.2 Å². The molecule has 1 atom stereocenters. The Bertz CT molecular complexity index is 627. The van der Waals surface area contributed by atoms with Crippen molar-refractivity contribution in [2.45, 2.75) is 31.7 Å². The lowest BCUT2D eigenvalue weighted by molar-refractivity contribution is -0.132. The molecule has 1 N–H and O–H groups in total. The van der Waals surface area contributed by atoms with E-state index in [-0.39, 0.29) is 12.5 Å². The molecular formula is C17H20N2O2S. The molecule has 1 aromatic heterocycles. The van der Waals surface area contributed by atoms with Crippen molar-refractivity contribution in [3.05, 3.63) is 52.0 Å². The Hall–Kier alpha value is -1.72. The van der Waals surface area contributed by atoms with E-state index < -0.39 is 0 Å². The topological polar surface area (TPSA) is 53.4 Å². The van der Waals surface area contributed by atoms with Crippen LogP contribution in [-0.2, 0) is 17.8 Å². The van der Waals surface area contributed by atoms with E-state index in [0.29, 0.717) is 25.4 Å². The summed E-state index contributed by atoms with van der Waals surface area (Å²) in [7, 11) is 0. The van der Waals surface area contributed by atoms with Crippen LogP contribution in [0.4, 0.5) is 0 Å². The van der Waals surface area contributed by atoms with Crippen LogP contribution in [0, 0.1) is 0 Å². The largest absolute Gasteiger partial charge is 0.395 e. The van der Waals surface area contributed by atoms with E-state index in [1.165, 1.54) is 22.5 Å². The van der Waals surface area contributed by atoms with Gasteiger partial charge >= 0.3 is 0 Å². The number of aliphatic hydroxyl groups is 1. The van der Waals surface area contributed by atoms with Crippen molar-refractivity contribution in [1.29, 1.82) is 0 Å². The Morgan fingerprint density at radius 2 is 2.27 bits per heavy atom. The predicted molar refractivity (Wildman–Crippen MR) is 86.7 cm³/mol. The number of thiazole rings is 1. The van der Waals surface area contributed by atoms with E-state index in [9.17, 15) is 9.90 Å². The normalized spacial score (nSPS) is 16.5. The average Bonchev–Trinajstić information content (AvgIpc) is 3.17. The molecule has 5 heteroatoms. The third-order valence-electron chi connectivity index (χ3n) is 4.21. The maximum absolute atomic E-state index is 12.6. The van der Waals surface area contributed by atoms with E-state index in [4.69, 9.17) is 0 Å². The third-order valence-corrected chi connectivity index (χ3v) is 4.97. The summed E-state index contributed by atoms with van der Waals surface area (Å²) in [5.74, 6) is 0.409. The molecule has 0 unspecified atom stereocenters. The molecule has 0 aliphatic heterocycles. The van der Waals surface area contributed by atoms with Gasteiger partial charge in [0, 0.05) is 24.5 Å². The highest BCUT2D eigenvalue weighted by Gasteiger charge is 2.26. The van der Waals surface area contributed by atoms with Crippen molar-refractivity contribution in [3.8, 4) is 0 Å². The zero-order chi connectivity index (χ0) is 15.4. The Morgan fingerprint density at radius 3 is 3.05 bits per heavy atom. The van der Waals surface area contributed by atoms with Gasteiger partial charge < -0.3 is 10.0 Å². The van der Waals surface area contributed by atoms with Gasteiger partial charge in [-0.2, -0.15) is 0 Å². The molecular weight excluding hydrogens is 296 g/mol. The number of benzene rings is 1. The van der Waals surface area contributed by atoms with Crippen LogP contribution < -0.4 is 0 Å². The minimum atomic E-state index is -0.0155. The maximum atomic E-state index is 12.6. The second kappa shape index (κ2) is 7.03. The number of rotatable bonds is 6. The average molecular weight is 316 g/mol. The van der Waals surface area contributed by atoms with Gasteiger partial charge in [-0.25, -0.2) is 4.98 Å². The van der Waals surface area contributed by atoms with Crippen LogP contribution in [0.2, 0.25) is 0 Å². The van der Waals surface area contributed by atoms with Crippen LogP contribution in [0.1, 0.15) is 34.9 Å². The van der Waals surface area contributed by atoms with Crippen LogP contribution in [0.5, 0.6) is 0 Å². The van der Waals surface area contributed by atoms with E-state index >= 15 is 0 Å². The molecule has 1 heterocycles. The highest BCUT2D eigenvalue weighted by Crippen LogP contribution is 2.35. The number of nitrogens with zero attached hydrogens (tertiary/aromatic N) is 2. The molecule has 0 saturated heterocycles. The summed E-state index contributed by atoms with van der Waals surface area (Å²) in [6.45, 7) is 0.844. The standard InChI is InChI=1S/C17H20N2O2S/c20-9-8-19(12-16-18-7-10-22-16)17(21)11-14-6-5-13-3-1-2-4-15(13)14/h1-4,7,10,14,20H,5-6,8-9,11-12H2/t14-/m1/s1. The van der Waals surface area contributed by atoms with Crippen LogP contribution in [0.3, 0.4) is 0 Å². The van der Waals surface area contributed by atoms with Gasteiger partial charge in [0.15, 0.2) is 0 Å². The molecule has 1 aliphatic rings. The third kappa shape index (κ3) is 3.36. The van der Waals surface area contributed by atoms with Gasteiger partial charge in [-0.1, -0.05) is 24.3 Å². The van der Waals surface area contributed by atoms with Gasteiger partial charge in [0.1, 0.15) is 5.01 Å². The highest BCUT2D eigenvalue weighted by atomic mass is 32.1. The predicted octanol–water partition coefficient (Wildman–Crippen LogP) is 2.58. The molecule has 3 rings (SSSR count). The number of hydrogen-bond acceptors (Lipinski definition) is 4. The molecule has 22 heavy (non-hydrogen) atoms. The Kier molecular flexibility index (Phi) is 4.85. The first-order valence-corrected chi connectivity index (χ1v) is 8.50. The van der Waals surface area contributed by atoms with Gasteiger partial charge in [0.2, 0.25) is 5.91 Å². The fourth-order valence-electron chi connectivity index (χ4n) is 3.10. The van der Waals surface area contributed by atoms with E-state index in [2.05, 4.69) is 23.2 Å². The van der Waals surface area contributed by atoms with Crippen molar-refractivity contribution in [3.63, 3.8) is 0 Å². The number of fused-ring (bicyclic) bond motifs is 1. The van der Waals surface area contributed by atoms with Crippen molar-refractivity contribution in [2.24, 2.45) is 0 Å². The highest BCUT2D eigenvalue weighted by molar-refractivity contribution is 7.09. The molecule has 1 aliphatic carbocycles. The minimum Gasteiger partial charge on any atom is -0.395 e. The molecule has 4 nitrogen and oxygen atoms in total. The van der Waals surface area contributed by atoms with Crippen LogP contribution in [0.15, 0.2) is 35.8 Å². The number of hydrogen-bond donors (Lipinski definition) is 1. The lowest BCUT2D eigenvalue weighted by atomic mass is 9.97. The number of aryl methyl sites for hydroxylation is 1. The first-order valence-electron chi connectivity index (χ1n) is 7.62. The van der Waals surface area contributed by atoms with Gasteiger partial charge in [-0.15, -0.1) is 11.3 Å². The van der Waals surface area contributed by atoms with E-state index in [1.54, 1.807) is 11.1 Å². The zero-order valence-electron chi connectivity index (χ0n) is 12.4. The number of carbonyl (C=O) groups excluding carboxylic acids is 1. The summed E-state index contributed by atoms with van der Waals surface area (Å²) >= 11 is 1.54. The monoisotopic (exact) mass is 316 g/mol. The van der Waals surface area contributed by atoms with Gasteiger partial charge in [-0.3, -0.25) is 4.79 Å². The first-order chi connectivity index (χ1) is 10.8. The van der Waals surface area contributed by atoms with Crippen molar-refractivity contribution in [1.82, 2.24) is 9.88 Å². The van der Waals surface area contributed by atoms with Gasteiger partial charge in [0.05, 0.1) is 13.2 Å². The first kappa shape index (κ1) is 15.2. The van der Waals surface area contributed by atoms with Crippen LogP contribution in [-0.4, -0.2) is 34.0 Å². The summed E-state index contributed by atoms with van der Waals surface area (Å²) in [5.41, 5.74) is 2.68. The Balaban J connectivity index is 1.67. The Labute approximate surface area is 134 Å². The number of amides is 1. The summed E-state index contributed by atoms with van der Waals surface area (Å²) in [6.07, 6.45) is 4.35. The SMILES string of the molecule is O=C(C[C@H]1CCc2ccccc21)N(CCO)Cc1nccs1. The molecule has 0 saturated carbocycles. The quantitative estimate of drug-likeness (QED) is 0.891. The van der Waals surface area contributed by atoms with Gasteiger partial charge in [0.25, 0.3) is 0 Å². The molecule has 0 fully saturated rings. The van der Waals surface area contributed by atoms with Gasteiger partial charge in [-0.05, 0) is 29.9 Å². The fourth-order valence-corrected chi connectivity index (χ4v) is 3.74. The Morgan fingerprint density at radius 1 is 1.41 bits per heavy atom. The summed E-state index contributed by atoms with van der Waals surface area (Å²) in [4.78, 5) is 18.6. The smallest absolute Gasteiger partial charge is 0.223 e. The lowest BCUT2D eigenvalue weighted by Gasteiger charge is -2.22. The molecule has 116 valence electrons. The van der Waals surface area contributed by atoms with Crippen molar-refractivity contribution < 1.29 is 9.90 Å². The molecule has 0 bridgehead atoms. The van der Waals surface area contributed by atoms with E-state index in [0.717, 1.165) is 17.8 Å². The van der Waals surface area contributed by atoms with E-state index in [1.807, 2.05) is 11.4 Å². The molecule has 0 radical (unpaired) electrons. The second-order valence-corrected chi connectivity index (χ2v) is 6.58. The number of carbonyl (C=O) groups is 1. The summed E-state index contributed by atoms with van der Waals surface area (Å²) in [5, 5.41) is 12.0. The molecule has 2 aromatic rings. The number of aromatic nitrogens is 1. The molecule has 0 spiro atoms. The molecule has 1 amide bonds. The van der Waals surface area contributed by atoms with Crippen LogP contribution >= 0.6 is 11.3 Å². The molecule has 1 aromatic carbocycles. The number of aliphatic hydroxyl groups excluding tert-OH is 1. The summed E-state index contributed by atoms with van der Waals surface area (Å²) < 4.78 is 0. The fraction of sp³-hybridized carbons (Fsp3) is 0.412. The summed E-state index contributed by atoms with van der Waals surface area (Å²) in [6, 6.07) is 8.39. The minimum absolute atomic E-state index is 0.0155.